The number of carbonyl (C=O) groups is 2. The van der Waals surface area contributed by atoms with Gasteiger partial charge in [0.05, 0.1) is 0 Å². The number of hydrogen-bond donors (Lipinski definition) is 2. The predicted octanol–water partition coefficient (Wildman–Crippen LogP) is 2.34. The molecule has 0 saturated carbocycles. The number of anilines is 1. The van der Waals surface area contributed by atoms with E-state index in [-0.39, 0.29) is 0 Å². The van der Waals surface area contributed by atoms with Crippen molar-refractivity contribution in [1.82, 2.24) is 0 Å². The average Bonchev–Trinajstić information content (AvgIpc) is 2.21. The highest BCUT2D eigenvalue weighted by atomic mass is 127. The molecule has 0 fully saturated rings. The maximum Gasteiger partial charge on any atom is 0.318 e. The van der Waals surface area contributed by atoms with Crippen LogP contribution in [0, 0.1) is 8.99 Å². The minimum absolute atomic E-state index is 0.527. The van der Waals surface area contributed by atoms with Gasteiger partial charge in [0.25, 0.3) is 0 Å². The van der Waals surface area contributed by atoms with Crippen LogP contribution in [-0.2, 0) is 9.59 Å². The molecule has 16 heavy (non-hydrogen) atoms. The van der Waals surface area contributed by atoms with E-state index in [4.69, 9.17) is 5.11 Å². The molecular weight excluding hydrogens is 321 g/mol. The lowest BCUT2D eigenvalue weighted by Crippen LogP contribution is -2.37. The van der Waals surface area contributed by atoms with E-state index in [2.05, 4.69) is 27.9 Å². The molecule has 0 aliphatic rings. The lowest BCUT2D eigenvalue weighted by Gasteiger charge is -2.18. The van der Waals surface area contributed by atoms with Crippen LogP contribution < -0.4 is 5.32 Å². The third-order valence-electron chi connectivity index (χ3n) is 2.20. The van der Waals surface area contributed by atoms with E-state index in [0.717, 1.165) is 3.57 Å². The number of amides is 1. The number of aliphatic carboxylic acids is 1. The van der Waals surface area contributed by atoms with E-state index in [0.29, 0.717) is 5.69 Å². The number of rotatable bonds is 3. The average molecular weight is 333 g/mol. The number of benzene rings is 1. The van der Waals surface area contributed by atoms with Crippen molar-refractivity contribution in [2.24, 2.45) is 5.41 Å². The van der Waals surface area contributed by atoms with Crippen molar-refractivity contribution in [3.8, 4) is 0 Å². The number of carboxylic acid groups (broad SMARTS) is 1. The Morgan fingerprint density at radius 3 is 2.19 bits per heavy atom. The molecule has 86 valence electrons. The molecule has 2 N–H and O–H groups in total. The molecule has 4 nitrogen and oxygen atoms in total. The van der Waals surface area contributed by atoms with Crippen molar-refractivity contribution in [3.05, 3.63) is 27.8 Å². The number of hydrogen-bond acceptors (Lipinski definition) is 2. The second-order valence-electron chi connectivity index (χ2n) is 3.89. The fourth-order valence-electron chi connectivity index (χ4n) is 0.918. The van der Waals surface area contributed by atoms with Gasteiger partial charge in [-0.25, -0.2) is 0 Å². The molecule has 0 spiro atoms. The van der Waals surface area contributed by atoms with E-state index in [1.54, 1.807) is 12.1 Å². The van der Waals surface area contributed by atoms with Crippen molar-refractivity contribution >= 4 is 40.2 Å². The van der Waals surface area contributed by atoms with Crippen molar-refractivity contribution in [2.45, 2.75) is 13.8 Å². The Balaban J connectivity index is 2.79. The second-order valence-corrected chi connectivity index (χ2v) is 5.14. The fraction of sp³-hybridized carbons (Fsp3) is 0.273. The van der Waals surface area contributed by atoms with Crippen LogP contribution >= 0.6 is 22.6 Å². The number of carboxylic acids is 1. The first kappa shape index (κ1) is 13.0. The smallest absolute Gasteiger partial charge is 0.318 e. The Hall–Kier alpha value is -1.11. The summed E-state index contributed by atoms with van der Waals surface area (Å²) < 4.78 is 1.05. The summed E-state index contributed by atoms with van der Waals surface area (Å²) in [6.45, 7) is 2.74. The van der Waals surface area contributed by atoms with Gasteiger partial charge in [0.2, 0.25) is 5.91 Å². The Kier molecular flexibility index (Phi) is 3.90. The predicted molar refractivity (Wildman–Crippen MR) is 69.2 cm³/mol. The zero-order valence-electron chi connectivity index (χ0n) is 8.95. The van der Waals surface area contributed by atoms with Crippen LogP contribution in [0.4, 0.5) is 5.69 Å². The van der Waals surface area contributed by atoms with Crippen LogP contribution in [-0.4, -0.2) is 17.0 Å². The molecule has 0 unspecified atom stereocenters. The lowest BCUT2D eigenvalue weighted by molar-refractivity contribution is -0.151. The van der Waals surface area contributed by atoms with Gasteiger partial charge in [-0.3, -0.25) is 9.59 Å². The standard InChI is InChI=1S/C11H12INO3/c1-11(2,10(15)16)9(14)13-8-5-3-7(12)4-6-8/h3-6H,1-2H3,(H,13,14)(H,15,16). The minimum atomic E-state index is -1.43. The number of nitrogens with one attached hydrogen (secondary N) is 1. The summed E-state index contributed by atoms with van der Waals surface area (Å²) in [6, 6.07) is 7.14. The normalized spacial score (nSPS) is 10.9. The maximum atomic E-state index is 11.7. The van der Waals surface area contributed by atoms with Crippen LogP contribution in [0.15, 0.2) is 24.3 Å². The van der Waals surface area contributed by atoms with Crippen molar-refractivity contribution in [2.75, 3.05) is 5.32 Å². The molecule has 1 aromatic carbocycles. The minimum Gasteiger partial charge on any atom is -0.480 e. The van der Waals surface area contributed by atoms with Crippen LogP contribution in [0.1, 0.15) is 13.8 Å². The third kappa shape index (κ3) is 2.94. The summed E-state index contributed by atoms with van der Waals surface area (Å²) in [4.78, 5) is 22.5. The summed E-state index contributed by atoms with van der Waals surface area (Å²) in [5.41, 5.74) is -0.831. The maximum absolute atomic E-state index is 11.7. The second kappa shape index (κ2) is 4.82. The van der Waals surface area contributed by atoms with E-state index in [9.17, 15) is 9.59 Å². The van der Waals surface area contributed by atoms with Gasteiger partial charge in [0, 0.05) is 9.26 Å². The molecule has 1 amide bonds. The lowest BCUT2D eigenvalue weighted by atomic mass is 9.92. The van der Waals surface area contributed by atoms with Crippen LogP contribution in [0.3, 0.4) is 0 Å². The van der Waals surface area contributed by atoms with E-state index in [1.165, 1.54) is 13.8 Å². The Morgan fingerprint density at radius 1 is 1.25 bits per heavy atom. The molecule has 0 radical (unpaired) electrons. The van der Waals surface area contributed by atoms with E-state index < -0.39 is 17.3 Å². The molecule has 5 heteroatoms. The zero-order valence-corrected chi connectivity index (χ0v) is 11.1. The molecule has 0 aromatic heterocycles. The molecule has 0 bridgehead atoms. The van der Waals surface area contributed by atoms with Crippen molar-refractivity contribution in [3.63, 3.8) is 0 Å². The fourth-order valence-corrected chi connectivity index (χ4v) is 1.28. The zero-order chi connectivity index (χ0) is 12.3. The Morgan fingerprint density at radius 2 is 1.75 bits per heavy atom. The largest absolute Gasteiger partial charge is 0.480 e. The van der Waals surface area contributed by atoms with Crippen LogP contribution in [0.5, 0.6) is 0 Å². The molecule has 1 rings (SSSR count). The van der Waals surface area contributed by atoms with Crippen LogP contribution in [0.2, 0.25) is 0 Å². The van der Waals surface area contributed by atoms with Gasteiger partial charge >= 0.3 is 5.97 Å². The third-order valence-corrected chi connectivity index (χ3v) is 2.92. The van der Waals surface area contributed by atoms with Crippen LogP contribution in [0.25, 0.3) is 0 Å². The molecular formula is C11H12INO3. The van der Waals surface area contributed by atoms with E-state index >= 15 is 0 Å². The van der Waals surface area contributed by atoms with Gasteiger partial charge < -0.3 is 10.4 Å². The molecule has 1 aromatic rings. The number of halogens is 1. The van der Waals surface area contributed by atoms with Gasteiger partial charge in [0.15, 0.2) is 0 Å². The molecule has 0 aliphatic heterocycles. The highest BCUT2D eigenvalue weighted by Gasteiger charge is 2.35. The first-order valence-electron chi connectivity index (χ1n) is 4.64. The monoisotopic (exact) mass is 333 g/mol. The summed E-state index contributed by atoms with van der Waals surface area (Å²) in [5, 5.41) is 11.4. The Bertz CT molecular complexity index is 412. The van der Waals surface area contributed by atoms with Crippen molar-refractivity contribution < 1.29 is 14.7 Å². The van der Waals surface area contributed by atoms with Gasteiger partial charge in [-0.2, -0.15) is 0 Å². The summed E-state index contributed by atoms with van der Waals surface area (Å²) in [7, 11) is 0. The van der Waals surface area contributed by atoms with Gasteiger partial charge in [-0.1, -0.05) is 0 Å². The van der Waals surface area contributed by atoms with Gasteiger partial charge in [-0.05, 0) is 60.7 Å². The van der Waals surface area contributed by atoms with Gasteiger partial charge in [0.1, 0.15) is 5.41 Å². The number of carbonyl (C=O) groups excluding carboxylic acids is 1. The summed E-state index contributed by atoms with van der Waals surface area (Å²) in [6.07, 6.45) is 0. The first-order chi connectivity index (χ1) is 7.34. The highest BCUT2D eigenvalue weighted by molar-refractivity contribution is 14.1. The molecule has 0 atom stereocenters. The summed E-state index contributed by atoms with van der Waals surface area (Å²) >= 11 is 2.15. The molecule has 0 heterocycles. The Labute approximate surface area is 107 Å². The topological polar surface area (TPSA) is 66.4 Å². The van der Waals surface area contributed by atoms with E-state index in [1.807, 2.05) is 12.1 Å². The summed E-state index contributed by atoms with van der Waals surface area (Å²) in [5.74, 6) is -1.67. The van der Waals surface area contributed by atoms with Gasteiger partial charge in [-0.15, -0.1) is 0 Å². The molecule has 0 saturated heterocycles. The highest BCUT2D eigenvalue weighted by Crippen LogP contribution is 2.19. The molecule has 0 aliphatic carbocycles. The first-order valence-corrected chi connectivity index (χ1v) is 5.72. The SMILES string of the molecule is CC(C)(C(=O)O)C(=O)Nc1ccc(I)cc1. The van der Waals surface area contributed by atoms with Crippen molar-refractivity contribution in [1.29, 1.82) is 0 Å². The quantitative estimate of drug-likeness (QED) is 0.659.